The normalized spacial score (nSPS) is 18.1. The molecular weight excluding hydrogens is 538 g/mol. The van der Waals surface area contributed by atoms with Crippen LogP contribution in [0.5, 0.6) is 5.88 Å². The first-order chi connectivity index (χ1) is 20.0. The third-order valence-electron chi connectivity index (χ3n) is 7.02. The Balaban J connectivity index is 1.48. The molecule has 0 saturated carbocycles. The number of anilines is 3. The maximum Gasteiger partial charge on any atom is 0.414 e. The van der Waals surface area contributed by atoms with Crippen LogP contribution in [-0.2, 0) is 14.9 Å². The van der Waals surface area contributed by atoms with Gasteiger partial charge in [0.25, 0.3) is 0 Å². The van der Waals surface area contributed by atoms with Crippen molar-refractivity contribution in [1.29, 1.82) is 5.26 Å². The highest BCUT2D eigenvalue weighted by Crippen LogP contribution is 2.45. The average molecular weight is 572 g/mol. The lowest BCUT2D eigenvalue weighted by atomic mass is 9.83. The van der Waals surface area contributed by atoms with Crippen LogP contribution in [0.2, 0.25) is 0 Å². The summed E-state index contributed by atoms with van der Waals surface area (Å²) < 4.78 is 16.5. The number of hydrogen-bond acceptors (Lipinski definition) is 11. The zero-order valence-electron chi connectivity index (χ0n) is 24.3. The van der Waals surface area contributed by atoms with E-state index in [0.717, 1.165) is 12.0 Å². The van der Waals surface area contributed by atoms with Crippen molar-refractivity contribution in [3.63, 3.8) is 0 Å². The Labute approximate surface area is 244 Å². The Morgan fingerprint density at radius 3 is 2.76 bits per heavy atom. The lowest BCUT2D eigenvalue weighted by Crippen LogP contribution is -2.40. The fraction of sp³-hybridized carbons (Fsp3) is 0.400. The van der Waals surface area contributed by atoms with Gasteiger partial charge in [-0.05, 0) is 56.5 Å². The number of nitrogens with one attached hydrogen (secondary N) is 1. The largest absolute Gasteiger partial charge is 0.479 e. The molecule has 0 fully saturated rings. The quantitative estimate of drug-likeness (QED) is 0.433. The zero-order chi connectivity index (χ0) is 30.1. The van der Waals surface area contributed by atoms with E-state index in [-0.39, 0.29) is 24.7 Å². The van der Waals surface area contributed by atoms with Gasteiger partial charge in [-0.1, -0.05) is 13.0 Å². The second kappa shape index (κ2) is 11.3. The third kappa shape index (κ3) is 5.74. The van der Waals surface area contributed by atoms with Crippen molar-refractivity contribution in [2.24, 2.45) is 0 Å². The standard InChI is InChI=1S/C30H33N7O5/c1-29(2,3)42-28(39)37-16-30(4,17-38)21-13-19(12-20(14-31)24(21)37)22-6-9-32-27(34-22)35-23-15-33-25(36-26(23)40-5)18-7-10-41-11-8-18/h6-7,9,12-13,15,38H,8,10-11,16-17H2,1-5H3,(H,32,34,35)/t30-/m1/s1. The van der Waals surface area contributed by atoms with Gasteiger partial charge in [-0.2, -0.15) is 10.2 Å². The first-order valence-electron chi connectivity index (χ1n) is 13.5. The number of nitrogens with zero attached hydrogens (tertiary/aromatic N) is 6. The molecule has 218 valence electrons. The maximum absolute atomic E-state index is 13.1. The van der Waals surface area contributed by atoms with Crippen LogP contribution in [0.1, 0.15) is 51.1 Å². The second-order valence-electron chi connectivity index (χ2n) is 11.4. The zero-order valence-corrected chi connectivity index (χ0v) is 24.3. The molecule has 1 atom stereocenters. The van der Waals surface area contributed by atoms with Crippen LogP contribution in [0.15, 0.2) is 36.7 Å². The number of aliphatic hydroxyl groups is 1. The molecule has 2 aliphatic rings. The summed E-state index contributed by atoms with van der Waals surface area (Å²) in [6.07, 6.45) is 5.32. The lowest BCUT2D eigenvalue weighted by molar-refractivity contribution is 0.0575. The third-order valence-corrected chi connectivity index (χ3v) is 7.02. The Kier molecular flexibility index (Phi) is 7.81. The molecule has 0 radical (unpaired) electrons. The molecule has 0 bridgehead atoms. The number of hydrogen-bond donors (Lipinski definition) is 2. The van der Waals surface area contributed by atoms with Gasteiger partial charge in [-0.25, -0.2) is 19.7 Å². The number of aromatic nitrogens is 4. The molecule has 2 aliphatic heterocycles. The van der Waals surface area contributed by atoms with E-state index < -0.39 is 17.1 Å². The van der Waals surface area contributed by atoms with Crippen molar-refractivity contribution in [1.82, 2.24) is 19.9 Å². The van der Waals surface area contributed by atoms with E-state index in [9.17, 15) is 15.2 Å². The van der Waals surface area contributed by atoms with E-state index >= 15 is 0 Å². The smallest absolute Gasteiger partial charge is 0.414 e. The number of nitriles is 1. The fourth-order valence-corrected chi connectivity index (χ4v) is 4.93. The van der Waals surface area contributed by atoms with Crippen LogP contribution in [0, 0.1) is 11.3 Å². The van der Waals surface area contributed by atoms with Gasteiger partial charge in [0.05, 0.1) is 50.1 Å². The topological polar surface area (TPSA) is 156 Å². The average Bonchev–Trinajstić information content (AvgIpc) is 3.30. The van der Waals surface area contributed by atoms with Gasteiger partial charge in [0.15, 0.2) is 5.82 Å². The Morgan fingerprint density at radius 1 is 1.29 bits per heavy atom. The lowest BCUT2D eigenvalue weighted by Gasteiger charge is -2.26. The van der Waals surface area contributed by atoms with Crippen molar-refractivity contribution < 1.29 is 24.1 Å². The predicted octanol–water partition coefficient (Wildman–Crippen LogP) is 4.37. The van der Waals surface area contributed by atoms with Gasteiger partial charge in [-0.3, -0.25) is 4.90 Å². The molecule has 12 heteroatoms. The van der Waals surface area contributed by atoms with Crippen LogP contribution in [0.4, 0.5) is 22.1 Å². The summed E-state index contributed by atoms with van der Waals surface area (Å²) in [7, 11) is 1.53. The Morgan fingerprint density at radius 2 is 2.10 bits per heavy atom. The first-order valence-corrected chi connectivity index (χ1v) is 13.5. The maximum atomic E-state index is 13.1. The van der Waals surface area contributed by atoms with Gasteiger partial charge < -0.3 is 24.6 Å². The number of aliphatic hydroxyl groups excluding tert-OH is 1. The molecule has 1 aromatic carbocycles. The summed E-state index contributed by atoms with van der Waals surface area (Å²) in [5.74, 6) is 1.18. The van der Waals surface area contributed by atoms with Crippen molar-refractivity contribution in [2.45, 2.75) is 45.1 Å². The van der Waals surface area contributed by atoms with Crippen molar-refractivity contribution in [3.05, 3.63) is 53.6 Å². The summed E-state index contributed by atoms with van der Waals surface area (Å²) in [5, 5.41) is 23.6. The van der Waals surface area contributed by atoms with Crippen molar-refractivity contribution >= 4 is 29.0 Å². The second-order valence-corrected chi connectivity index (χ2v) is 11.4. The highest BCUT2D eigenvalue weighted by Gasteiger charge is 2.44. The number of amides is 1. The molecule has 0 unspecified atom stereocenters. The molecule has 1 amide bonds. The summed E-state index contributed by atoms with van der Waals surface area (Å²) in [6, 6.07) is 7.46. The summed E-state index contributed by atoms with van der Waals surface area (Å²) in [6.45, 7) is 8.26. The van der Waals surface area contributed by atoms with Crippen LogP contribution >= 0.6 is 0 Å². The highest BCUT2D eigenvalue weighted by atomic mass is 16.6. The van der Waals surface area contributed by atoms with Crippen LogP contribution < -0.4 is 15.0 Å². The van der Waals surface area contributed by atoms with E-state index in [1.807, 2.05) is 19.1 Å². The Bertz CT molecular complexity index is 1590. The molecule has 0 spiro atoms. The first kappa shape index (κ1) is 28.9. The fourth-order valence-electron chi connectivity index (χ4n) is 4.93. The minimum atomic E-state index is -0.811. The molecule has 4 heterocycles. The van der Waals surface area contributed by atoms with Crippen molar-refractivity contribution in [3.8, 4) is 23.2 Å². The predicted molar refractivity (Wildman–Crippen MR) is 155 cm³/mol. The van der Waals surface area contributed by atoms with Gasteiger partial charge >= 0.3 is 6.09 Å². The Hall–Kier alpha value is -4.60. The summed E-state index contributed by atoms with van der Waals surface area (Å²) in [4.78, 5) is 32.5. The number of methoxy groups -OCH3 is 1. The van der Waals surface area contributed by atoms with Crippen molar-refractivity contribution in [2.75, 3.05) is 43.7 Å². The molecule has 2 aromatic heterocycles. The van der Waals surface area contributed by atoms with E-state index in [2.05, 4.69) is 31.3 Å². The highest BCUT2D eigenvalue weighted by molar-refractivity contribution is 5.95. The van der Waals surface area contributed by atoms with Gasteiger partial charge in [0, 0.05) is 23.7 Å². The molecule has 0 saturated heterocycles. The van der Waals surface area contributed by atoms with Crippen LogP contribution in [0.25, 0.3) is 16.8 Å². The SMILES string of the molecule is COc1nc(C2=CCOCC2)ncc1Nc1nccc(-c2cc(C#N)c3c(c2)[C@@](C)(CO)CN3C(=O)OC(C)(C)C)n1. The molecule has 5 rings (SSSR count). The monoisotopic (exact) mass is 571 g/mol. The number of carbonyl (C=O) groups is 1. The molecule has 42 heavy (non-hydrogen) atoms. The number of carbonyl (C=O) groups excluding carboxylic acids is 1. The van der Waals surface area contributed by atoms with Crippen LogP contribution in [-0.4, -0.2) is 70.2 Å². The number of benzene rings is 1. The number of fused-ring (bicyclic) bond motifs is 1. The minimum absolute atomic E-state index is 0.169. The minimum Gasteiger partial charge on any atom is -0.479 e. The molecule has 12 nitrogen and oxygen atoms in total. The van der Waals surface area contributed by atoms with E-state index in [1.165, 1.54) is 12.0 Å². The van der Waals surface area contributed by atoms with Gasteiger partial charge in [0.2, 0.25) is 11.8 Å². The van der Waals surface area contributed by atoms with E-state index in [4.69, 9.17) is 14.2 Å². The number of rotatable bonds is 6. The van der Waals surface area contributed by atoms with Crippen LogP contribution in [0.3, 0.4) is 0 Å². The molecule has 0 aliphatic carbocycles. The number of ether oxygens (including phenoxy) is 3. The van der Waals surface area contributed by atoms with Gasteiger partial charge in [-0.15, -0.1) is 0 Å². The van der Waals surface area contributed by atoms with E-state index in [0.29, 0.717) is 53.1 Å². The summed E-state index contributed by atoms with van der Waals surface area (Å²) >= 11 is 0. The van der Waals surface area contributed by atoms with Gasteiger partial charge in [0.1, 0.15) is 17.4 Å². The molecule has 2 N–H and O–H groups in total. The molecular formula is C30H33N7O5. The van der Waals surface area contributed by atoms with E-state index in [1.54, 1.807) is 45.3 Å². The molecule has 3 aromatic rings. The summed E-state index contributed by atoms with van der Waals surface area (Å²) in [5.41, 5.74) is 2.47.